The van der Waals surface area contributed by atoms with Gasteiger partial charge in [0, 0.05) is 17.7 Å². The molecule has 10 heavy (non-hydrogen) atoms. The van der Waals surface area contributed by atoms with E-state index in [-0.39, 0.29) is 6.04 Å². The van der Waals surface area contributed by atoms with Gasteiger partial charge in [-0.1, -0.05) is 6.92 Å². The quantitative estimate of drug-likeness (QED) is 0.720. The van der Waals surface area contributed by atoms with Crippen molar-refractivity contribution in [1.29, 1.82) is 0 Å². The van der Waals surface area contributed by atoms with Crippen LogP contribution in [0.2, 0.25) is 5.22 Å². The Bertz CT molecular complexity index is 209. The Labute approximate surface area is 65.0 Å². The van der Waals surface area contributed by atoms with E-state index >= 15 is 0 Å². The van der Waals surface area contributed by atoms with Gasteiger partial charge in [-0.2, -0.15) is 0 Å². The minimum atomic E-state index is 0.0521. The molecule has 2 N–H and O–H groups in total. The highest BCUT2D eigenvalue weighted by Gasteiger charge is 2.05. The van der Waals surface area contributed by atoms with Crippen molar-refractivity contribution in [2.24, 2.45) is 5.73 Å². The van der Waals surface area contributed by atoms with Gasteiger partial charge in [-0.15, -0.1) is 0 Å². The molecule has 0 fully saturated rings. The normalized spacial score (nSPS) is 13.5. The van der Waals surface area contributed by atoms with Crippen molar-refractivity contribution in [3.8, 4) is 0 Å². The van der Waals surface area contributed by atoms with E-state index in [1.165, 1.54) is 0 Å². The molecular weight excluding hydrogens is 150 g/mol. The van der Waals surface area contributed by atoms with Crippen LogP contribution in [0, 0.1) is 0 Å². The average Bonchev–Trinajstić information content (AvgIpc) is 2.34. The van der Waals surface area contributed by atoms with Gasteiger partial charge in [0.2, 0.25) is 0 Å². The molecule has 56 valence electrons. The smallest absolute Gasteiger partial charge is 0.193 e. The van der Waals surface area contributed by atoms with E-state index in [9.17, 15) is 0 Å². The van der Waals surface area contributed by atoms with Crippen molar-refractivity contribution < 1.29 is 4.42 Å². The van der Waals surface area contributed by atoms with Crippen LogP contribution in [0.25, 0.3) is 0 Å². The van der Waals surface area contributed by atoms with Crippen molar-refractivity contribution >= 4 is 11.6 Å². The minimum absolute atomic E-state index is 0.0521. The zero-order chi connectivity index (χ0) is 7.56. The lowest BCUT2D eigenvalue weighted by atomic mass is 10.1. The molecule has 1 heterocycles. The Morgan fingerprint density at radius 2 is 2.50 bits per heavy atom. The van der Waals surface area contributed by atoms with Crippen LogP contribution in [0.4, 0.5) is 0 Å². The molecule has 1 atom stereocenters. The summed E-state index contributed by atoms with van der Waals surface area (Å²) >= 11 is 5.54. The molecule has 0 aliphatic rings. The van der Waals surface area contributed by atoms with Crippen LogP contribution < -0.4 is 5.73 Å². The van der Waals surface area contributed by atoms with Gasteiger partial charge in [-0.25, -0.2) is 0 Å². The zero-order valence-electron chi connectivity index (χ0n) is 5.80. The van der Waals surface area contributed by atoms with Gasteiger partial charge in [0.05, 0.1) is 6.26 Å². The van der Waals surface area contributed by atoms with Gasteiger partial charge in [0.1, 0.15) is 0 Å². The van der Waals surface area contributed by atoms with Crippen molar-refractivity contribution in [3.63, 3.8) is 0 Å². The number of nitrogens with two attached hydrogens (primary N) is 1. The number of halogens is 1. The van der Waals surface area contributed by atoms with Gasteiger partial charge in [0.15, 0.2) is 5.22 Å². The highest BCUT2D eigenvalue weighted by atomic mass is 35.5. The molecule has 1 aromatic heterocycles. The predicted octanol–water partition coefficient (Wildman–Crippen LogP) is 2.34. The lowest BCUT2D eigenvalue weighted by Gasteiger charge is -2.02. The molecule has 0 spiro atoms. The molecule has 0 saturated heterocycles. The van der Waals surface area contributed by atoms with Crippen molar-refractivity contribution in [2.75, 3.05) is 0 Å². The molecule has 0 saturated carbocycles. The Morgan fingerprint density at radius 3 is 2.90 bits per heavy atom. The third-order valence-corrected chi connectivity index (χ3v) is 1.65. The lowest BCUT2D eigenvalue weighted by molar-refractivity contribution is 0.559. The van der Waals surface area contributed by atoms with Gasteiger partial charge in [-0.3, -0.25) is 0 Å². The fraction of sp³-hybridized carbons (Fsp3) is 0.429. The van der Waals surface area contributed by atoms with Gasteiger partial charge in [0.25, 0.3) is 0 Å². The number of hydrogen-bond donors (Lipinski definition) is 1. The lowest BCUT2D eigenvalue weighted by Crippen LogP contribution is -2.06. The third-order valence-electron chi connectivity index (χ3n) is 1.46. The molecular formula is C7H10ClNO. The van der Waals surface area contributed by atoms with Gasteiger partial charge >= 0.3 is 0 Å². The summed E-state index contributed by atoms with van der Waals surface area (Å²) in [5.74, 6) is 0. The summed E-state index contributed by atoms with van der Waals surface area (Å²) in [6.07, 6.45) is 2.49. The molecule has 0 bridgehead atoms. The van der Waals surface area contributed by atoms with E-state index in [1.54, 1.807) is 12.3 Å². The second-order valence-electron chi connectivity index (χ2n) is 2.20. The maximum absolute atomic E-state index is 5.69. The number of rotatable bonds is 2. The molecule has 0 aromatic carbocycles. The first-order chi connectivity index (χ1) is 4.74. The summed E-state index contributed by atoms with van der Waals surface area (Å²) in [5, 5.41) is 0.402. The van der Waals surface area contributed by atoms with Crippen LogP contribution in [0.1, 0.15) is 24.9 Å². The first-order valence-electron chi connectivity index (χ1n) is 3.23. The SMILES string of the molecule is CC[C@H](N)c1coc(Cl)c1. The summed E-state index contributed by atoms with van der Waals surface area (Å²) < 4.78 is 4.87. The Morgan fingerprint density at radius 1 is 1.80 bits per heavy atom. The maximum Gasteiger partial charge on any atom is 0.193 e. The standard InChI is InChI=1S/C7H10ClNO/c1-2-6(9)5-3-7(8)10-4-5/h3-4,6H,2,9H2,1H3/t6-/m0/s1. The fourth-order valence-electron chi connectivity index (χ4n) is 0.754. The van der Waals surface area contributed by atoms with Gasteiger partial charge in [-0.05, 0) is 18.0 Å². The zero-order valence-corrected chi connectivity index (χ0v) is 6.56. The van der Waals surface area contributed by atoms with Gasteiger partial charge < -0.3 is 10.2 Å². The van der Waals surface area contributed by atoms with Crippen LogP contribution in [-0.2, 0) is 0 Å². The average molecular weight is 160 g/mol. The number of furan rings is 1. The molecule has 1 rings (SSSR count). The van der Waals surface area contributed by atoms with E-state index in [1.807, 2.05) is 6.92 Å². The fourth-order valence-corrected chi connectivity index (χ4v) is 0.924. The van der Waals surface area contributed by atoms with E-state index in [2.05, 4.69) is 0 Å². The van der Waals surface area contributed by atoms with Crippen molar-refractivity contribution in [2.45, 2.75) is 19.4 Å². The second kappa shape index (κ2) is 3.08. The molecule has 0 amide bonds. The summed E-state index contributed by atoms with van der Waals surface area (Å²) in [6.45, 7) is 2.02. The van der Waals surface area contributed by atoms with Crippen LogP contribution in [-0.4, -0.2) is 0 Å². The Kier molecular flexibility index (Phi) is 2.35. The van der Waals surface area contributed by atoms with E-state index in [4.69, 9.17) is 21.8 Å². The maximum atomic E-state index is 5.69. The van der Waals surface area contributed by atoms with E-state index < -0.39 is 0 Å². The first-order valence-corrected chi connectivity index (χ1v) is 3.61. The summed E-state index contributed by atoms with van der Waals surface area (Å²) in [6, 6.07) is 1.80. The molecule has 0 unspecified atom stereocenters. The third kappa shape index (κ3) is 1.52. The predicted molar refractivity (Wildman–Crippen MR) is 40.9 cm³/mol. The van der Waals surface area contributed by atoms with Crippen molar-refractivity contribution in [3.05, 3.63) is 23.1 Å². The monoisotopic (exact) mass is 159 g/mol. The van der Waals surface area contributed by atoms with Crippen molar-refractivity contribution in [1.82, 2.24) is 0 Å². The molecule has 1 aromatic rings. The largest absolute Gasteiger partial charge is 0.453 e. The highest BCUT2D eigenvalue weighted by molar-refractivity contribution is 6.28. The Balaban J connectivity index is 2.74. The van der Waals surface area contributed by atoms with E-state index in [0.717, 1.165) is 12.0 Å². The molecule has 0 aliphatic heterocycles. The molecule has 0 radical (unpaired) electrons. The Hall–Kier alpha value is -0.470. The minimum Gasteiger partial charge on any atom is -0.453 e. The molecule has 2 nitrogen and oxygen atoms in total. The topological polar surface area (TPSA) is 39.2 Å². The number of hydrogen-bond acceptors (Lipinski definition) is 2. The molecule has 3 heteroatoms. The van der Waals surface area contributed by atoms with Crippen LogP contribution in [0.5, 0.6) is 0 Å². The van der Waals surface area contributed by atoms with E-state index in [0.29, 0.717) is 5.22 Å². The first kappa shape index (κ1) is 7.63. The van der Waals surface area contributed by atoms with Crippen LogP contribution in [0.3, 0.4) is 0 Å². The second-order valence-corrected chi connectivity index (χ2v) is 2.57. The summed E-state index contributed by atoms with van der Waals surface area (Å²) in [5.41, 5.74) is 6.65. The highest BCUT2D eigenvalue weighted by Crippen LogP contribution is 2.19. The van der Waals surface area contributed by atoms with Crippen LogP contribution in [0.15, 0.2) is 16.7 Å². The summed E-state index contributed by atoms with van der Waals surface area (Å²) in [7, 11) is 0. The summed E-state index contributed by atoms with van der Waals surface area (Å²) in [4.78, 5) is 0. The van der Waals surface area contributed by atoms with Crippen LogP contribution >= 0.6 is 11.6 Å². The molecule has 0 aliphatic carbocycles.